The molecule has 25 heavy (non-hydrogen) atoms. The number of thiocarbonyl (C=S) groups is 1. The van der Waals surface area contributed by atoms with Crippen LogP contribution in [0.3, 0.4) is 0 Å². The molecule has 6 heteroatoms. The number of anilines is 1. The molecule has 3 nitrogen and oxygen atoms in total. The molecule has 0 unspecified atom stereocenters. The summed E-state index contributed by atoms with van der Waals surface area (Å²) in [5.41, 5.74) is 1.60. The first kappa shape index (κ1) is 18.7. The van der Waals surface area contributed by atoms with Crippen LogP contribution in [0.1, 0.15) is 53.7 Å². The van der Waals surface area contributed by atoms with Crippen molar-refractivity contribution >= 4 is 28.7 Å². The zero-order valence-corrected chi connectivity index (χ0v) is 14.8. The molecule has 0 spiro atoms. The van der Waals surface area contributed by atoms with E-state index in [-0.39, 0.29) is 22.2 Å². The quantitative estimate of drug-likeness (QED) is 0.621. The first-order chi connectivity index (χ1) is 11.7. The van der Waals surface area contributed by atoms with E-state index in [0.29, 0.717) is 17.2 Å². The Kier molecular flexibility index (Phi) is 5.60. The van der Waals surface area contributed by atoms with Gasteiger partial charge in [0.15, 0.2) is 5.78 Å². The largest absolute Gasteiger partial charge is 0.345 e. The van der Waals surface area contributed by atoms with Gasteiger partial charge in [0.2, 0.25) is 0 Å². The van der Waals surface area contributed by atoms with E-state index in [1.54, 1.807) is 18.2 Å². The molecule has 0 amide bonds. The average Bonchev–Trinajstić information content (AvgIpc) is 2.52. The highest BCUT2D eigenvalue weighted by atomic mass is 32.1. The van der Waals surface area contributed by atoms with Crippen LogP contribution in [0.25, 0.3) is 0 Å². The maximum Gasteiger partial charge on any atom is 0.164 e. The summed E-state index contributed by atoms with van der Waals surface area (Å²) in [5.74, 6) is -2.19. The fourth-order valence-corrected chi connectivity index (χ4v) is 2.83. The number of halogens is 2. The third kappa shape index (κ3) is 4.06. The lowest BCUT2D eigenvalue weighted by Gasteiger charge is -2.17. The van der Waals surface area contributed by atoms with Gasteiger partial charge in [-0.15, -0.1) is 0 Å². The third-order valence-corrected chi connectivity index (χ3v) is 4.03. The number of hydrogen-bond donors (Lipinski definition) is 1. The van der Waals surface area contributed by atoms with Crippen molar-refractivity contribution < 1.29 is 13.6 Å². The Morgan fingerprint density at radius 3 is 2.48 bits per heavy atom. The lowest BCUT2D eigenvalue weighted by atomic mass is 9.95. The molecule has 0 aliphatic heterocycles. The van der Waals surface area contributed by atoms with E-state index in [0.717, 1.165) is 11.6 Å². The number of carbonyl (C=O) groups excluding carboxylic acids is 1. The van der Waals surface area contributed by atoms with Crippen LogP contribution in [0, 0.1) is 23.0 Å². The second-order valence-electron chi connectivity index (χ2n) is 5.89. The molecule has 0 aliphatic carbocycles. The predicted octanol–water partition coefficient (Wildman–Crippen LogP) is 4.95. The molecule has 0 atom stereocenters. The van der Waals surface area contributed by atoms with Gasteiger partial charge in [0.05, 0.1) is 22.9 Å². The summed E-state index contributed by atoms with van der Waals surface area (Å²) in [4.78, 5) is 11.9. The number of carbonyl (C=O) groups is 1. The Balaban J connectivity index is 2.51. The van der Waals surface area contributed by atoms with Crippen LogP contribution in [0.2, 0.25) is 0 Å². The number of Topliss-reactive ketones (excluding diaryl/α,β-unsaturated/α-hetero) is 1. The first-order valence-electron chi connectivity index (χ1n) is 7.60. The molecule has 128 valence electrons. The van der Waals surface area contributed by atoms with E-state index in [2.05, 4.69) is 5.32 Å². The lowest BCUT2D eigenvalue weighted by molar-refractivity contribution is 0.101. The smallest absolute Gasteiger partial charge is 0.164 e. The van der Waals surface area contributed by atoms with Crippen LogP contribution < -0.4 is 5.32 Å². The van der Waals surface area contributed by atoms with E-state index in [9.17, 15) is 13.6 Å². The van der Waals surface area contributed by atoms with Crippen LogP contribution in [0.15, 0.2) is 30.3 Å². The second kappa shape index (κ2) is 7.49. The zero-order chi connectivity index (χ0) is 18.7. The molecular formula is C19H16F2N2OS. The van der Waals surface area contributed by atoms with Crippen LogP contribution in [0.5, 0.6) is 0 Å². The van der Waals surface area contributed by atoms with Gasteiger partial charge in [-0.1, -0.05) is 32.1 Å². The SMILES string of the molecule is CC(=O)c1c(F)cc(F)cc1NC(=S)c1cc(C#N)ccc1C(C)C. The Morgan fingerprint density at radius 1 is 1.24 bits per heavy atom. The summed E-state index contributed by atoms with van der Waals surface area (Å²) in [6, 6.07) is 8.82. The van der Waals surface area contributed by atoms with Crippen molar-refractivity contribution in [3.8, 4) is 6.07 Å². The molecule has 2 rings (SSSR count). The van der Waals surface area contributed by atoms with Gasteiger partial charge in [0, 0.05) is 11.6 Å². The summed E-state index contributed by atoms with van der Waals surface area (Å²) in [6.45, 7) is 5.13. The number of benzene rings is 2. The highest BCUT2D eigenvalue weighted by molar-refractivity contribution is 7.81. The third-order valence-electron chi connectivity index (χ3n) is 3.70. The maximum atomic E-state index is 14.0. The van der Waals surface area contributed by atoms with Crippen molar-refractivity contribution in [2.24, 2.45) is 0 Å². The van der Waals surface area contributed by atoms with Gasteiger partial charge < -0.3 is 5.32 Å². The van der Waals surface area contributed by atoms with Gasteiger partial charge in [0.1, 0.15) is 16.6 Å². The summed E-state index contributed by atoms with van der Waals surface area (Å²) in [6.07, 6.45) is 0. The average molecular weight is 358 g/mol. The van der Waals surface area contributed by atoms with Crippen LogP contribution >= 0.6 is 12.2 Å². The lowest BCUT2D eigenvalue weighted by Crippen LogP contribution is -2.17. The summed E-state index contributed by atoms with van der Waals surface area (Å²) in [7, 11) is 0. The van der Waals surface area contributed by atoms with Gasteiger partial charge in [-0.3, -0.25) is 4.79 Å². The van der Waals surface area contributed by atoms with Gasteiger partial charge in [-0.2, -0.15) is 5.26 Å². The minimum Gasteiger partial charge on any atom is -0.345 e. The highest BCUT2D eigenvalue weighted by Crippen LogP contribution is 2.26. The minimum atomic E-state index is -0.951. The Morgan fingerprint density at radius 2 is 1.92 bits per heavy atom. The molecule has 2 aromatic rings. The summed E-state index contributed by atoms with van der Waals surface area (Å²) >= 11 is 5.37. The molecule has 0 saturated heterocycles. The molecule has 0 bridgehead atoms. The van der Waals surface area contributed by atoms with E-state index < -0.39 is 17.4 Å². The Bertz CT molecular complexity index is 901. The molecule has 0 fully saturated rings. The standard InChI is InChI=1S/C19H16F2N2OS/c1-10(2)14-5-4-12(9-22)6-15(14)19(25)23-17-8-13(20)7-16(21)18(17)11(3)24/h4-8,10H,1-3H3,(H,23,25). The van der Waals surface area contributed by atoms with E-state index in [1.807, 2.05) is 19.9 Å². The van der Waals surface area contributed by atoms with Gasteiger partial charge in [-0.05, 0) is 36.6 Å². The van der Waals surface area contributed by atoms with Gasteiger partial charge in [0.25, 0.3) is 0 Å². The van der Waals surface area contributed by atoms with Gasteiger partial charge >= 0.3 is 0 Å². The molecule has 0 saturated carbocycles. The number of ketones is 1. The highest BCUT2D eigenvalue weighted by Gasteiger charge is 2.18. The number of nitrogens with one attached hydrogen (secondary N) is 1. The van der Waals surface area contributed by atoms with Crippen molar-refractivity contribution in [3.05, 3.63) is 64.2 Å². The Labute approximate surface area is 150 Å². The van der Waals surface area contributed by atoms with Crippen LogP contribution in [-0.4, -0.2) is 10.8 Å². The Hall–Kier alpha value is -2.65. The topological polar surface area (TPSA) is 52.9 Å². The predicted molar refractivity (Wildman–Crippen MR) is 96.9 cm³/mol. The van der Waals surface area contributed by atoms with E-state index in [4.69, 9.17) is 17.5 Å². The van der Waals surface area contributed by atoms with Crippen molar-refractivity contribution in [1.82, 2.24) is 0 Å². The molecule has 0 aliphatic rings. The molecular weight excluding hydrogens is 342 g/mol. The number of hydrogen-bond acceptors (Lipinski definition) is 3. The summed E-state index contributed by atoms with van der Waals surface area (Å²) < 4.78 is 27.5. The molecule has 0 aromatic heterocycles. The van der Waals surface area contributed by atoms with Crippen LogP contribution in [0.4, 0.5) is 14.5 Å². The van der Waals surface area contributed by atoms with Crippen molar-refractivity contribution in [1.29, 1.82) is 5.26 Å². The molecule has 0 heterocycles. The maximum absolute atomic E-state index is 14.0. The minimum absolute atomic E-state index is 0.0351. The molecule has 1 N–H and O–H groups in total. The number of rotatable bonds is 4. The number of nitriles is 1. The van der Waals surface area contributed by atoms with Crippen molar-refractivity contribution in [3.63, 3.8) is 0 Å². The van der Waals surface area contributed by atoms with Crippen molar-refractivity contribution in [2.45, 2.75) is 26.7 Å². The summed E-state index contributed by atoms with van der Waals surface area (Å²) in [5, 5.41) is 11.9. The zero-order valence-electron chi connectivity index (χ0n) is 14.0. The van der Waals surface area contributed by atoms with Gasteiger partial charge in [-0.25, -0.2) is 8.78 Å². The van der Waals surface area contributed by atoms with Crippen molar-refractivity contribution in [2.75, 3.05) is 5.32 Å². The van der Waals surface area contributed by atoms with E-state index >= 15 is 0 Å². The number of nitrogens with zero attached hydrogens (tertiary/aromatic N) is 1. The molecule has 2 aromatic carbocycles. The normalized spacial score (nSPS) is 10.4. The fourth-order valence-electron chi connectivity index (χ4n) is 2.55. The monoisotopic (exact) mass is 358 g/mol. The fraction of sp³-hybridized carbons (Fsp3) is 0.211. The van der Waals surface area contributed by atoms with E-state index in [1.165, 1.54) is 6.92 Å². The first-order valence-corrected chi connectivity index (χ1v) is 8.00. The van der Waals surface area contributed by atoms with Crippen LogP contribution in [-0.2, 0) is 0 Å². The second-order valence-corrected chi connectivity index (χ2v) is 6.30. The molecule has 0 radical (unpaired) electrons.